The normalized spacial score (nSPS) is 10.8. The van der Waals surface area contributed by atoms with Crippen LogP contribution in [0.4, 0.5) is 0 Å². The first kappa shape index (κ1) is 21.4. The lowest BCUT2D eigenvalue weighted by Crippen LogP contribution is -2.12. The highest BCUT2D eigenvalue weighted by Crippen LogP contribution is 2.24. The van der Waals surface area contributed by atoms with Gasteiger partial charge in [-0.1, -0.05) is 72.8 Å². The van der Waals surface area contributed by atoms with Gasteiger partial charge in [-0.2, -0.15) is 0 Å². The maximum atomic E-state index is 11.3. The van der Waals surface area contributed by atoms with E-state index in [0.29, 0.717) is 26.1 Å². The second-order valence-corrected chi connectivity index (χ2v) is 7.79. The van der Waals surface area contributed by atoms with Crippen LogP contribution in [0, 0.1) is 0 Å². The van der Waals surface area contributed by atoms with Gasteiger partial charge in [0.25, 0.3) is 0 Å². The smallest absolute Gasteiger partial charge is 0.217 e. The molecule has 0 atom stereocenters. The van der Waals surface area contributed by atoms with Crippen molar-refractivity contribution in [3.8, 4) is 11.5 Å². The summed E-state index contributed by atoms with van der Waals surface area (Å²) in [5.74, 6) is 1.29. The van der Waals surface area contributed by atoms with Gasteiger partial charge in [0.15, 0.2) is 0 Å². The number of para-hydroxylation sites is 1. The Balaban J connectivity index is 1.43. The second kappa shape index (κ2) is 10.5. The average molecular weight is 426 g/mol. The fourth-order valence-corrected chi connectivity index (χ4v) is 3.64. The van der Waals surface area contributed by atoms with Crippen LogP contribution in [0.3, 0.4) is 0 Å². The molecule has 2 N–H and O–H groups in total. The van der Waals surface area contributed by atoms with Crippen LogP contribution in [0.1, 0.15) is 23.1 Å². The number of rotatable bonds is 10. The van der Waals surface area contributed by atoms with Crippen LogP contribution in [0.25, 0.3) is 10.8 Å². The number of hydrogen-bond acceptors (Lipinski definition) is 3. The summed E-state index contributed by atoms with van der Waals surface area (Å²) in [7, 11) is 0. The summed E-state index contributed by atoms with van der Waals surface area (Å²) in [6, 6.07) is 30.6. The maximum Gasteiger partial charge on any atom is 0.217 e. The van der Waals surface area contributed by atoms with Crippen LogP contribution < -0.4 is 15.2 Å². The van der Waals surface area contributed by atoms with Crippen molar-refractivity contribution in [1.29, 1.82) is 0 Å². The van der Waals surface area contributed by atoms with Crippen LogP contribution in [0.5, 0.6) is 11.5 Å². The van der Waals surface area contributed by atoms with Crippen molar-refractivity contribution in [1.82, 2.24) is 0 Å². The van der Waals surface area contributed by atoms with Crippen LogP contribution in [0.15, 0.2) is 91.0 Å². The molecule has 4 nitrogen and oxygen atoms in total. The molecule has 32 heavy (non-hydrogen) atoms. The molecule has 162 valence electrons. The van der Waals surface area contributed by atoms with Gasteiger partial charge in [0.05, 0.1) is 6.61 Å². The summed E-state index contributed by atoms with van der Waals surface area (Å²) >= 11 is 0. The number of fused-ring (bicyclic) bond motifs is 1. The lowest BCUT2D eigenvalue weighted by atomic mass is 10.0. The van der Waals surface area contributed by atoms with Crippen LogP contribution >= 0.6 is 0 Å². The molecule has 0 saturated carbocycles. The van der Waals surface area contributed by atoms with Crippen molar-refractivity contribution in [3.63, 3.8) is 0 Å². The first-order valence-corrected chi connectivity index (χ1v) is 10.9. The molecule has 0 aliphatic rings. The Morgan fingerprint density at radius 1 is 0.719 bits per heavy atom. The Hall–Kier alpha value is -3.79. The summed E-state index contributed by atoms with van der Waals surface area (Å²) in [6.45, 7) is 0.992. The van der Waals surface area contributed by atoms with E-state index < -0.39 is 0 Å². The van der Waals surface area contributed by atoms with E-state index in [1.54, 1.807) is 0 Å². The van der Waals surface area contributed by atoms with Gasteiger partial charge in [0.1, 0.15) is 18.1 Å². The van der Waals surface area contributed by atoms with Crippen molar-refractivity contribution in [3.05, 3.63) is 108 Å². The van der Waals surface area contributed by atoms with Gasteiger partial charge in [0, 0.05) is 12.8 Å². The third-order valence-corrected chi connectivity index (χ3v) is 5.38. The van der Waals surface area contributed by atoms with E-state index in [0.717, 1.165) is 29.0 Å². The number of carbonyl (C=O) groups is 1. The van der Waals surface area contributed by atoms with Gasteiger partial charge >= 0.3 is 0 Å². The topological polar surface area (TPSA) is 61.6 Å². The molecule has 0 unspecified atom stereocenters. The molecule has 0 aromatic heterocycles. The minimum absolute atomic E-state index is 0.293. The highest BCUT2D eigenvalue weighted by molar-refractivity contribution is 5.83. The summed E-state index contributed by atoms with van der Waals surface area (Å²) in [5.41, 5.74) is 8.57. The predicted molar refractivity (Wildman–Crippen MR) is 128 cm³/mol. The summed E-state index contributed by atoms with van der Waals surface area (Å²) in [5, 5.41) is 2.46. The van der Waals surface area contributed by atoms with Gasteiger partial charge in [0.2, 0.25) is 5.91 Å². The number of benzene rings is 4. The SMILES string of the molecule is NC(=O)CCc1ccc(COc2ccccc2)cc1OCCc1ccc2ccccc2c1. The summed E-state index contributed by atoms with van der Waals surface area (Å²) in [6.07, 6.45) is 1.65. The molecular formula is C28H27NO3. The Labute approximate surface area is 188 Å². The largest absolute Gasteiger partial charge is 0.493 e. The molecule has 0 heterocycles. The van der Waals surface area contributed by atoms with Gasteiger partial charge in [-0.15, -0.1) is 0 Å². The van der Waals surface area contributed by atoms with Crippen LogP contribution in [-0.4, -0.2) is 12.5 Å². The van der Waals surface area contributed by atoms with Crippen molar-refractivity contribution in [2.45, 2.75) is 25.9 Å². The van der Waals surface area contributed by atoms with Gasteiger partial charge < -0.3 is 15.2 Å². The highest BCUT2D eigenvalue weighted by atomic mass is 16.5. The fourth-order valence-electron chi connectivity index (χ4n) is 3.64. The molecule has 0 aliphatic carbocycles. The molecule has 0 fully saturated rings. The molecule has 4 aromatic rings. The molecule has 0 saturated heterocycles. The number of hydrogen-bond donors (Lipinski definition) is 1. The van der Waals surface area contributed by atoms with Crippen LogP contribution in [0.2, 0.25) is 0 Å². The summed E-state index contributed by atoms with van der Waals surface area (Å²) in [4.78, 5) is 11.3. The fraction of sp³-hybridized carbons (Fsp3) is 0.179. The third kappa shape index (κ3) is 5.88. The van der Waals surface area contributed by atoms with E-state index in [4.69, 9.17) is 15.2 Å². The Kier molecular flexibility index (Phi) is 7.03. The third-order valence-electron chi connectivity index (χ3n) is 5.38. The zero-order chi connectivity index (χ0) is 22.2. The van der Waals surface area contributed by atoms with Gasteiger partial charge in [-0.25, -0.2) is 0 Å². The number of ether oxygens (including phenoxy) is 2. The van der Waals surface area contributed by atoms with E-state index in [-0.39, 0.29) is 5.91 Å². The van der Waals surface area contributed by atoms with Gasteiger partial charge in [-0.05, 0) is 52.1 Å². The molecule has 0 bridgehead atoms. The minimum atomic E-state index is -0.316. The molecule has 0 spiro atoms. The number of carbonyl (C=O) groups excluding carboxylic acids is 1. The Bertz CT molecular complexity index is 1190. The Morgan fingerprint density at radius 3 is 2.28 bits per heavy atom. The number of amides is 1. The number of aryl methyl sites for hydroxylation is 1. The van der Waals surface area contributed by atoms with E-state index >= 15 is 0 Å². The molecule has 1 amide bonds. The van der Waals surface area contributed by atoms with Crippen molar-refractivity contribution >= 4 is 16.7 Å². The van der Waals surface area contributed by atoms with Crippen LogP contribution in [-0.2, 0) is 24.2 Å². The lowest BCUT2D eigenvalue weighted by molar-refractivity contribution is -0.117. The molecule has 4 heteroatoms. The lowest BCUT2D eigenvalue weighted by Gasteiger charge is -2.14. The number of primary amides is 1. The van der Waals surface area contributed by atoms with E-state index in [9.17, 15) is 4.79 Å². The monoisotopic (exact) mass is 425 g/mol. The molecule has 4 aromatic carbocycles. The quantitative estimate of drug-likeness (QED) is 0.367. The first-order chi connectivity index (χ1) is 15.7. The molecular weight excluding hydrogens is 398 g/mol. The van der Waals surface area contributed by atoms with Crippen molar-refractivity contribution in [2.75, 3.05) is 6.61 Å². The average Bonchev–Trinajstić information content (AvgIpc) is 2.82. The zero-order valence-corrected chi connectivity index (χ0v) is 18.0. The highest BCUT2D eigenvalue weighted by Gasteiger charge is 2.09. The van der Waals surface area contributed by atoms with Crippen molar-refractivity contribution < 1.29 is 14.3 Å². The maximum absolute atomic E-state index is 11.3. The first-order valence-electron chi connectivity index (χ1n) is 10.9. The van der Waals surface area contributed by atoms with E-state index in [1.807, 2.05) is 54.6 Å². The van der Waals surface area contributed by atoms with E-state index in [1.165, 1.54) is 16.3 Å². The zero-order valence-electron chi connectivity index (χ0n) is 18.0. The summed E-state index contributed by atoms with van der Waals surface area (Å²) < 4.78 is 12.0. The number of nitrogens with two attached hydrogens (primary N) is 1. The molecule has 4 rings (SSSR count). The van der Waals surface area contributed by atoms with E-state index in [2.05, 4.69) is 36.4 Å². The van der Waals surface area contributed by atoms with Crippen molar-refractivity contribution in [2.24, 2.45) is 5.73 Å². The standard InChI is InChI=1S/C28H27NO3/c29-28(30)15-14-24-13-11-22(20-32-26-8-2-1-3-9-26)19-27(24)31-17-16-21-10-12-23-6-4-5-7-25(23)18-21/h1-13,18-19H,14-17,20H2,(H2,29,30). The second-order valence-electron chi connectivity index (χ2n) is 7.79. The predicted octanol–water partition coefficient (Wildman–Crippen LogP) is 5.46. The molecule has 0 aliphatic heterocycles. The van der Waals surface area contributed by atoms with Gasteiger partial charge in [-0.3, -0.25) is 4.79 Å². The Morgan fingerprint density at radius 2 is 1.47 bits per heavy atom. The minimum Gasteiger partial charge on any atom is -0.493 e. The molecule has 0 radical (unpaired) electrons.